The normalized spacial score (nSPS) is 14.6. The second kappa shape index (κ2) is 5.53. The highest BCUT2D eigenvalue weighted by atomic mass is 19.1. The average molecular weight is 312 g/mol. The molecule has 0 bridgehead atoms. The Morgan fingerprint density at radius 2 is 2.00 bits per heavy atom. The zero-order valence-electron chi connectivity index (χ0n) is 12.9. The summed E-state index contributed by atoms with van der Waals surface area (Å²) in [5.41, 5.74) is 2.26. The average Bonchev–Trinajstić information content (AvgIpc) is 3.24. The highest BCUT2D eigenvalue weighted by Gasteiger charge is 2.20. The third-order valence-electron chi connectivity index (χ3n) is 4.25. The smallest absolute Gasteiger partial charge is 0.180 e. The number of fused-ring (bicyclic) bond motifs is 1. The Kier molecular flexibility index (Phi) is 3.37. The van der Waals surface area contributed by atoms with Crippen LogP contribution < -0.4 is 9.64 Å². The Labute approximate surface area is 133 Å². The van der Waals surface area contributed by atoms with E-state index in [9.17, 15) is 4.39 Å². The van der Waals surface area contributed by atoms with Crippen LogP contribution in [0.5, 0.6) is 5.75 Å². The van der Waals surface area contributed by atoms with E-state index in [4.69, 9.17) is 4.74 Å². The maximum Gasteiger partial charge on any atom is 0.180 e. The summed E-state index contributed by atoms with van der Waals surface area (Å²) in [5.74, 6) is 1.20. The van der Waals surface area contributed by atoms with Gasteiger partial charge in [0.05, 0.1) is 19.0 Å². The minimum atomic E-state index is -0.301. The van der Waals surface area contributed by atoms with Crippen molar-refractivity contribution >= 4 is 11.5 Å². The SMILES string of the molecule is COc1ccc(F)cc1-c1cnc2c(N3CCCC3)nccn12. The first kappa shape index (κ1) is 14.0. The molecule has 2 aromatic heterocycles. The van der Waals surface area contributed by atoms with Crippen LogP contribution in [0.1, 0.15) is 12.8 Å². The van der Waals surface area contributed by atoms with E-state index in [-0.39, 0.29) is 5.82 Å². The van der Waals surface area contributed by atoms with Crippen LogP contribution in [-0.4, -0.2) is 34.6 Å². The van der Waals surface area contributed by atoms with Gasteiger partial charge in [-0.15, -0.1) is 0 Å². The number of methoxy groups -OCH3 is 1. The highest BCUT2D eigenvalue weighted by Crippen LogP contribution is 2.33. The fourth-order valence-electron chi connectivity index (χ4n) is 3.14. The Morgan fingerprint density at radius 3 is 2.78 bits per heavy atom. The van der Waals surface area contributed by atoms with Crippen molar-refractivity contribution in [2.75, 3.05) is 25.1 Å². The third kappa shape index (κ3) is 2.30. The molecule has 0 saturated carbocycles. The lowest BCUT2D eigenvalue weighted by Crippen LogP contribution is -2.19. The van der Waals surface area contributed by atoms with E-state index in [1.807, 2.05) is 10.6 Å². The van der Waals surface area contributed by atoms with E-state index in [0.717, 1.165) is 30.2 Å². The van der Waals surface area contributed by atoms with Crippen molar-refractivity contribution in [3.63, 3.8) is 0 Å². The lowest BCUT2D eigenvalue weighted by atomic mass is 10.1. The molecule has 1 fully saturated rings. The Balaban J connectivity index is 1.89. The van der Waals surface area contributed by atoms with Crippen molar-refractivity contribution in [1.29, 1.82) is 0 Å². The molecule has 1 aliphatic heterocycles. The fraction of sp³-hybridized carbons (Fsp3) is 0.294. The Hall–Kier alpha value is -2.63. The van der Waals surface area contributed by atoms with E-state index >= 15 is 0 Å². The van der Waals surface area contributed by atoms with Gasteiger partial charge in [0.2, 0.25) is 0 Å². The lowest BCUT2D eigenvalue weighted by molar-refractivity contribution is 0.415. The summed E-state index contributed by atoms with van der Waals surface area (Å²) in [7, 11) is 1.58. The lowest BCUT2D eigenvalue weighted by Gasteiger charge is -2.17. The van der Waals surface area contributed by atoms with Gasteiger partial charge in [-0.1, -0.05) is 0 Å². The van der Waals surface area contributed by atoms with Crippen LogP contribution in [0.25, 0.3) is 16.9 Å². The molecule has 0 N–H and O–H groups in total. The molecule has 3 aromatic rings. The second-order valence-corrected chi connectivity index (χ2v) is 5.63. The first-order chi connectivity index (χ1) is 11.3. The molecule has 1 aromatic carbocycles. The zero-order chi connectivity index (χ0) is 15.8. The monoisotopic (exact) mass is 312 g/mol. The van der Waals surface area contributed by atoms with Gasteiger partial charge in [0.1, 0.15) is 11.6 Å². The van der Waals surface area contributed by atoms with Gasteiger partial charge in [0, 0.05) is 31.0 Å². The number of nitrogens with zero attached hydrogens (tertiary/aromatic N) is 4. The van der Waals surface area contributed by atoms with E-state index in [2.05, 4.69) is 14.9 Å². The fourth-order valence-corrected chi connectivity index (χ4v) is 3.14. The topological polar surface area (TPSA) is 42.7 Å². The number of hydrogen-bond acceptors (Lipinski definition) is 4. The van der Waals surface area contributed by atoms with Crippen molar-refractivity contribution in [2.45, 2.75) is 12.8 Å². The van der Waals surface area contributed by atoms with Crippen LogP contribution in [0, 0.1) is 5.82 Å². The summed E-state index contributed by atoms with van der Waals surface area (Å²) in [6.07, 6.45) is 7.70. The first-order valence-corrected chi connectivity index (χ1v) is 7.69. The molecule has 0 aliphatic carbocycles. The van der Waals surface area contributed by atoms with Crippen molar-refractivity contribution in [2.24, 2.45) is 0 Å². The molecular weight excluding hydrogens is 295 g/mol. The van der Waals surface area contributed by atoms with Gasteiger partial charge in [-0.25, -0.2) is 14.4 Å². The summed E-state index contributed by atoms with van der Waals surface area (Å²) < 4.78 is 21.0. The van der Waals surface area contributed by atoms with E-state index < -0.39 is 0 Å². The largest absolute Gasteiger partial charge is 0.496 e. The van der Waals surface area contributed by atoms with Crippen LogP contribution >= 0.6 is 0 Å². The summed E-state index contributed by atoms with van der Waals surface area (Å²) in [5, 5.41) is 0. The van der Waals surface area contributed by atoms with E-state index in [1.165, 1.54) is 25.0 Å². The number of halogens is 1. The van der Waals surface area contributed by atoms with Crippen LogP contribution in [0.15, 0.2) is 36.8 Å². The second-order valence-electron chi connectivity index (χ2n) is 5.63. The number of rotatable bonds is 3. The van der Waals surface area contributed by atoms with Crippen molar-refractivity contribution in [1.82, 2.24) is 14.4 Å². The van der Waals surface area contributed by atoms with Gasteiger partial charge in [-0.3, -0.25) is 4.40 Å². The predicted molar refractivity (Wildman–Crippen MR) is 86.4 cm³/mol. The van der Waals surface area contributed by atoms with Gasteiger partial charge < -0.3 is 9.64 Å². The molecule has 0 amide bonds. The third-order valence-corrected chi connectivity index (χ3v) is 4.25. The van der Waals surface area contributed by atoms with Crippen molar-refractivity contribution in [3.8, 4) is 17.0 Å². The number of anilines is 1. The molecule has 4 rings (SSSR count). The highest BCUT2D eigenvalue weighted by molar-refractivity contribution is 5.74. The molecular formula is C17H17FN4O. The molecule has 1 aliphatic rings. The number of benzene rings is 1. The molecule has 0 radical (unpaired) electrons. The molecule has 5 nitrogen and oxygen atoms in total. The molecule has 0 atom stereocenters. The van der Waals surface area contributed by atoms with Gasteiger partial charge >= 0.3 is 0 Å². The Bertz CT molecular complexity index is 855. The maximum atomic E-state index is 13.7. The molecule has 0 unspecified atom stereocenters. The maximum absolute atomic E-state index is 13.7. The standard InChI is InChI=1S/C17H17FN4O/c1-23-15-5-4-12(18)10-13(15)14-11-20-17-16(19-6-9-22(14)17)21-7-2-3-8-21/h4-6,9-11H,2-3,7-8H2,1H3. The number of ether oxygens (including phenoxy) is 1. The van der Waals surface area contributed by atoms with E-state index in [0.29, 0.717) is 11.3 Å². The summed E-state index contributed by atoms with van der Waals surface area (Å²) in [6, 6.07) is 4.49. The molecule has 23 heavy (non-hydrogen) atoms. The zero-order valence-corrected chi connectivity index (χ0v) is 12.9. The van der Waals surface area contributed by atoms with Crippen LogP contribution in [-0.2, 0) is 0 Å². The number of imidazole rings is 1. The molecule has 0 spiro atoms. The minimum Gasteiger partial charge on any atom is -0.496 e. The molecule has 118 valence electrons. The number of aromatic nitrogens is 3. The first-order valence-electron chi connectivity index (χ1n) is 7.69. The quantitative estimate of drug-likeness (QED) is 0.745. The van der Waals surface area contributed by atoms with Crippen LogP contribution in [0.2, 0.25) is 0 Å². The number of hydrogen-bond donors (Lipinski definition) is 0. The van der Waals surface area contributed by atoms with Crippen LogP contribution in [0.4, 0.5) is 10.2 Å². The summed E-state index contributed by atoms with van der Waals surface area (Å²) in [4.78, 5) is 11.3. The molecule has 1 saturated heterocycles. The van der Waals surface area contributed by atoms with Crippen molar-refractivity contribution < 1.29 is 9.13 Å². The predicted octanol–water partition coefficient (Wildman–Crippen LogP) is 3.14. The van der Waals surface area contributed by atoms with Crippen molar-refractivity contribution in [3.05, 3.63) is 42.6 Å². The van der Waals surface area contributed by atoms with Gasteiger partial charge in [0.15, 0.2) is 11.5 Å². The summed E-state index contributed by atoms with van der Waals surface area (Å²) >= 11 is 0. The Morgan fingerprint density at radius 1 is 1.17 bits per heavy atom. The molecule has 6 heteroatoms. The van der Waals surface area contributed by atoms with Gasteiger partial charge in [0.25, 0.3) is 0 Å². The van der Waals surface area contributed by atoms with Crippen LogP contribution in [0.3, 0.4) is 0 Å². The van der Waals surface area contributed by atoms with E-state index in [1.54, 1.807) is 25.6 Å². The minimum absolute atomic E-state index is 0.301. The van der Waals surface area contributed by atoms with Gasteiger partial charge in [-0.2, -0.15) is 0 Å². The van der Waals surface area contributed by atoms with Gasteiger partial charge in [-0.05, 0) is 31.0 Å². The summed E-state index contributed by atoms with van der Waals surface area (Å²) in [6.45, 7) is 2.00. The molecule has 3 heterocycles.